The second kappa shape index (κ2) is 9.21. The van der Waals surface area contributed by atoms with E-state index in [0.29, 0.717) is 16.7 Å². The Kier molecular flexibility index (Phi) is 8.38. The lowest BCUT2D eigenvalue weighted by Crippen LogP contribution is -2.24. The summed E-state index contributed by atoms with van der Waals surface area (Å²) in [5, 5.41) is 0. The molecule has 0 aliphatic heterocycles. The normalized spacial score (nSPS) is 10.1. The van der Waals surface area contributed by atoms with Crippen molar-refractivity contribution in [2.75, 3.05) is 0 Å². The second-order valence-electron chi connectivity index (χ2n) is 6.03. The highest BCUT2D eigenvalue weighted by Crippen LogP contribution is 2.28. The SMILES string of the molecule is C.CC.Cc1ccc(-c2ccccc2C(=O)OC(C)(C)C)c(F)c1. The third kappa shape index (κ3) is 5.80. The molecular weight excluding hydrogens is 303 g/mol. The fourth-order valence-corrected chi connectivity index (χ4v) is 2.07. The Hall–Kier alpha value is -2.16. The summed E-state index contributed by atoms with van der Waals surface area (Å²) in [5.41, 5.74) is 1.57. The van der Waals surface area contributed by atoms with Crippen LogP contribution >= 0.6 is 0 Å². The van der Waals surface area contributed by atoms with E-state index in [-0.39, 0.29) is 13.2 Å². The summed E-state index contributed by atoms with van der Waals surface area (Å²) in [6, 6.07) is 11.9. The lowest BCUT2D eigenvalue weighted by atomic mass is 9.98. The maximum atomic E-state index is 14.2. The molecule has 0 radical (unpaired) electrons. The van der Waals surface area contributed by atoms with Gasteiger partial charge in [0.15, 0.2) is 0 Å². The van der Waals surface area contributed by atoms with E-state index in [4.69, 9.17) is 4.74 Å². The monoisotopic (exact) mass is 332 g/mol. The first kappa shape index (κ1) is 21.8. The summed E-state index contributed by atoms with van der Waals surface area (Å²) in [7, 11) is 0. The largest absolute Gasteiger partial charge is 0.456 e. The van der Waals surface area contributed by atoms with Crippen LogP contribution < -0.4 is 0 Å². The Morgan fingerprint density at radius 2 is 1.58 bits per heavy atom. The number of carbonyl (C=O) groups excluding carboxylic acids is 1. The first-order chi connectivity index (χ1) is 10.8. The Labute approximate surface area is 145 Å². The van der Waals surface area contributed by atoms with Gasteiger partial charge in [-0.05, 0) is 51.0 Å². The number of benzene rings is 2. The molecule has 2 aromatic rings. The van der Waals surface area contributed by atoms with Crippen LogP contribution in [0.2, 0.25) is 0 Å². The molecule has 0 saturated heterocycles. The molecule has 0 amide bonds. The van der Waals surface area contributed by atoms with Crippen molar-refractivity contribution in [3.05, 3.63) is 59.4 Å². The number of ether oxygens (including phenoxy) is 1. The van der Waals surface area contributed by atoms with E-state index in [2.05, 4.69) is 0 Å². The fourth-order valence-electron chi connectivity index (χ4n) is 2.07. The van der Waals surface area contributed by atoms with Crippen molar-refractivity contribution in [1.29, 1.82) is 0 Å². The lowest BCUT2D eigenvalue weighted by Gasteiger charge is -2.20. The number of rotatable bonds is 2. The van der Waals surface area contributed by atoms with Crippen LogP contribution in [0.5, 0.6) is 0 Å². The van der Waals surface area contributed by atoms with Crippen LogP contribution in [-0.2, 0) is 4.74 Å². The molecule has 24 heavy (non-hydrogen) atoms. The number of carbonyl (C=O) groups is 1. The Balaban J connectivity index is 0.00000170. The zero-order valence-electron chi connectivity index (χ0n) is 14.7. The van der Waals surface area contributed by atoms with Gasteiger partial charge in [0.25, 0.3) is 0 Å². The molecule has 0 fully saturated rings. The third-order valence-electron chi connectivity index (χ3n) is 2.96. The van der Waals surface area contributed by atoms with Crippen molar-refractivity contribution < 1.29 is 13.9 Å². The van der Waals surface area contributed by atoms with Crippen LogP contribution in [0.25, 0.3) is 11.1 Å². The Bertz CT molecular complexity index is 670. The predicted octanol–water partition coefficient (Wildman–Crippen LogP) is 6.42. The van der Waals surface area contributed by atoms with Crippen LogP contribution in [0.3, 0.4) is 0 Å². The summed E-state index contributed by atoms with van der Waals surface area (Å²) < 4.78 is 19.6. The average Bonchev–Trinajstić information content (AvgIpc) is 2.48. The van der Waals surface area contributed by atoms with Crippen LogP contribution in [0.15, 0.2) is 42.5 Å². The van der Waals surface area contributed by atoms with Crippen molar-refractivity contribution in [3.8, 4) is 11.1 Å². The van der Waals surface area contributed by atoms with Gasteiger partial charge in [0.05, 0.1) is 5.56 Å². The van der Waals surface area contributed by atoms with Gasteiger partial charge in [-0.25, -0.2) is 9.18 Å². The van der Waals surface area contributed by atoms with Crippen LogP contribution in [-0.4, -0.2) is 11.6 Å². The van der Waals surface area contributed by atoms with E-state index in [9.17, 15) is 9.18 Å². The zero-order chi connectivity index (χ0) is 17.6. The number of hydrogen-bond acceptors (Lipinski definition) is 2. The summed E-state index contributed by atoms with van der Waals surface area (Å²) in [6.07, 6.45) is 0. The van der Waals surface area contributed by atoms with Crippen LogP contribution in [0.4, 0.5) is 4.39 Å². The molecule has 0 saturated carbocycles. The summed E-state index contributed by atoms with van der Waals surface area (Å²) >= 11 is 0. The molecular formula is C21H29FO2. The quantitative estimate of drug-likeness (QED) is 0.593. The van der Waals surface area contributed by atoms with Gasteiger partial charge in [-0.15, -0.1) is 0 Å². The first-order valence-corrected chi connectivity index (χ1v) is 7.87. The molecule has 0 unspecified atom stereocenters. The molecule has 132 valence electrons. The zero-order valence-corrected chi connectivity index (χ0v) is 14.7. The summed E-state index contributed by atoms with van der Waals surface area (Å²) in [4.78, 5) is 12.3. The minimum atomic E-state index is -0.587. The molecule has 0 heterocycles. The summed E-state index contributed by atoms with van der Waals surface area (Å²) in [6.45, 7) is 11.2. The van der Waals surface area contributed by atoms with Crippen molar-refractivity contribution in [1.82, 2.24) is 0 Å². The highest BCUT2D eigenvalue weighted by molar-refractivity contribution is 5.97. The highest BCUT2D eigenvalue weighted by atomic mass is 19.1. The number of aryl methyl sites for hydroxylation is 1. The Morgan fingerprint density at radius 1 is 1.00 bits per heavy atom. The minimum absolute atomic E-state index is 0. The van der Waals surface area contributed by atoms with E-state index in [1.54, 1.807) is 51.1 Å². The number of hydrogen-bond donors (Lipinski definition) is 0. The fraction of sp³-hybridized carbons (Fsp3) is 0.381. The van der Waals surface area contributed by atoms with Crippen molar-refractivity contribution >= 4 is 5.97 Å². The minimum Gasteiger partial charge on any atom is -0.456 e. The average molecular weight is 332 g/mol. The maximum Gasteiger partial charge on any atom is 0.339 e. The standard InChI is InChI=1S/C18H19FO2.C2H6.CH4/c1-12-9-10-14(16(19)11-12)13-7-5-6-8-15(13)17(20)21-18(2,3)4;1-2;/h5-11H,1-4H3;1-2H3;1H4. The van der Waals surface area contributed by atoms with Crippen LogP contribution in [0.1, 0.15) is 58.0 Å². The number of halogens is 1. The molecule has 0 aliphatic rings. The first-order valence-electron chi connectivity index (χ1n) is 7.87. The molecule has 2 aromatic carbocycles. The lowest BCUT2D eigenvalue weighted by molar-refractivity contribution is 0.00705. The number of esters is 1. The molecule has 2 nitrogen and oxygen atoms in total. The van der Waals surface area contributed by atoms with Gasteiger partial charge in [0.1, 0.15) is 11.4 Å². The van der Waals surface area contributed by atoms with E-state index in [1.807, 2.05) is 26.8 Å². The van der Waals surface area contributed by atoms with Gasteiger partial charge in [-0.2, -0.15) is 0 Å². The van der Waals surface area contributed by atoms with Crippen molar-refractivity contribution in [2.24, 2.45) is 0 Å². The van der Waals surface area contributed by atoms with Gasteiger partial charge < -0.3 is 4.74 Å². The van der Waals surface area contributed by atoms with Crippen LogP contribution in [0, 0.1) is 12.7 Å². The molecule has 0 N–H and O–H groups in total. The van der Waals surface area contributed by atoms with Crippen molar-refractivity contribution in [3.63, 3.8) is 0 Å². The molecule has 2 rings (SSSR count). The van der Waals surface area contributed by atoms with Gasteiger partial charge in [0, 0.05) is 5.56 Å². The molecule has 0 aromatic heterocycles. The van der Waals surface area contributed by atoms with Gasteiger partial charge in [-0.3, -0.25) is 0 Å². The van der Waals surface area contributed by atoms with E-state index >= 15 is 0 Å². The van der Waals surface area contributed by atoms with E-state index in [0.717, 1.165) is 5.56 Å². The van der Waals surface area contributed by atoms with E-state index < -0.39 is 11.6 Å². The third-order valence-corrected chi connectivity index (χ3v) is 2.96. The predicted molar refractivity (Wildman–Crippen MR) is 99.8 cm³/mol. The second-order valence-corrected chi connectivity index (χ2v) is 6.03. The molecule has 0 aliphatic carbocycles. The summed E-state index contributed by atoms with van der Waals surface area (Å²) in [5.74, 6) is -0.788. The topological polar surface area (TPSA) is 26.3 Å². The highest BCUT2D eigenvalue weighted by Gasteiger charge is 2.21. The molecule has 0 spiro atoms. The molecule has 0 atom stereocenters. The van der Waals surface area contributed by atoms with E-state index in [1.165, 1.54) is 6.07 Å². The maximum absolute atomic E-state index is 14.2. The van der Waals surface area contributed by atoms with Gasteiger partial charge in [0.2, 0.25) is 0 Å². The van der Waals surface area contributed by atoms with Crippen molar-refractivity contribution in [2.45, 2.75) is 54.6 Å². The molecule has 3 heteroatoms. The Morgan fingerprint density at radius 3 is 2.12 bits per heavy atom. The molecule has 0 bridgehead atoms. The van der Waals surface area contributed by atoms with Gasteiger partial charge in [-0.1, -0.05) is 51.6 Å². The van der Waals surface area contributed by atoms with Gasteiger partial charge >= 0.3 is 5.97 Å². The smallest absolute Gasteiger partial charge is 0.339 e.